The highest BCUT2D eigenvalue weighted by molar-refractivity contribution is 7.93. The molecule has 0 aliphatic heterocycles. The summed E-state index contributed by atoms with van der Waals surface area (Å²) in [6.45, 7) is 2.58. The first-order valence-corrected chi connectivity index (χ1v) is 5.63. The summed E-state index contributed by atoms with van der Waals surface area (Å²) in [4.78, 5) is 10.5. The molecule has 0 aromatic rings. The van der Waals surface area contributed by atoms with Crippen LogP contribution < -0.4 is 0 Å². The van der Waals surface area contributed by atoms with Crippen LogP contribution in [0.25, 0.3) is 0 Å². The number of alkyl halides is 3. The minimum Gasteiger partial charge on any atom is -0.480 e. The van der Waals surface area contributed by atoms with Crippen molar-refractivity contribution in [3.05, 3.63) is 0 Å². The third-order valence-electron chi connectivity index (χ3n) is 2.06. The van der Waals surface area contributed by atoms with Crippen LogP contribution in [0.15, 0.2) is 0 Å². The molecule has 90 valence electrons. The number of hydrogen-bond donors (Lipinski definition) is 1. The van der Waals surface area contributed by atoms with E-state index in [1.807, 2.05) is 0 Å². The van der Waals surface area contributed by atoms with Crippen molar-refractivity contribution in [2.75, 3.05) is 0 Å². The second-order valence-electron chi connectivity index (χ2n) is 3.14. The zero-order chi connectivity index (χ0) is 12.4. The normalized spacial score (nSPS) is 17.1. The maximum atomic E-state index is 12.1. The number of carbonyl (C=O) groups is 1. The molecule has 2 atom stereocenters. The first kappa shape index (κ1) is 14.2. The molecular weight excluding hydrogens is 237 g/mol. The zero-order valence-electron chi connectivity index (χ0n) is 8.08. The highest BCUT2D eigenvalue weighted by atomic mass is 32.2. The van der Waals surface area contributed by atoms with E-state index < -0.39 is 32.5 Å². The highest BCUT2D eigenvalue weighted by Crippen LogP contribution is 2.31. The van der Waals surface area contributed by atoms with E-state index in [-0.39, 0.29) is 6.42 Å². The van der Waals surface area contributed by atoms with E-state index in [0.29, 0.717) is 0 Å². The van der Waals surface area contributed by atoms with Crippen molar-refractivity contribution in [3.63, 3.8) is 0 Å². The Labute approximate surface area is 85.0 Å². The number of hydrogen-bond acceptors (Lipinski definition) is 3. The maximum Gasteiger partial charge on any atom is 0.498 e. The highest BCUT2D eigenvalue weighted by Gasteiger charge is 2.54. The molecule has 0 bridgehead atoms. The second kappa shape index (κ2) is 4.38. The summed E-state index contributed by atoms with van der Waals surface area (Å²) in [6, 6.07) is 0. The summed E-state index contributed by atoms with van der Waals surface area (Å²) in [5.74, 6) is -3.06. The van der Waals surface area contributed by atoms with Gasteiger partial charge in [-0.1, -0.05) is 20.3 Å². The van der Waals surface area contributed by atoms with E-state index in [1.165, 1.54) is 6.92 Å². The topological polar surface area (TPSA) is 71.4 Å². The minimum atomic E-state index is -5.65. The first-order valence-electron chi connectivity index (χ1n) is 4.08. The van der Waals surface area contributed by atoms with Gasteiger partial charge in [-0.05, 0) is 5.92 Å². The van der Waals surface area contributed by atoms with Gasteiger partial charge in [-0.2, -0.15) is 13.2 Å². The lowest BCUT2D eigenvalue weighted by molar-refractivity contribution is -0.138. The van der Waals surface area contributed by atoms with Crippen LogP contribution in [0.4, 0.5) is 13.2 Å². The van der Waals surface area contributed by atoms with Crippen molar-refractivity contribution in [1.29, 1.82) is 0 Å². The van der Waals surface area contributed by atoms with Gasteiger partial charge in [0.1, 0.15) is 0 Å². The molecule has 8 heteroatoms. The molecule has 0 fully saturated rings. The summed E-state index contributed by atoms with van der Waals surface area (Å²) in [6.07, 6.45) is 0.0340. The van der Waals surface area contributed by atoms with Gasteiger partial charge in [0.15, 0.2) is 5.25 Å². The number of rotatable bonds is 4. The van der Waals surface area contributed by atoms with Crippen LogP contribution in [0.5, 0.6) is 0 Å². The van der Waals surface area contributed by atoms with Gasteiger partial charge in [0.05, 0.1) is 0 Å². The molecule has 0 saturated carbocycles. The van der Waals surface area contributed by atoms with Gasteiger partial charge in [-0.25, -0.2) is 8.42 Å². The number of halogens is 3. The number of carboxylic acid groups (broad SMARTS) is 1. The Morgan fingerprint density at radius 1 is 1.40 bits per heavy atom. The molecule has 0 saturated heterocycles. The largest absolute Gasteiger partial charge is 0.498 e. The average Bonchev–Trinajstić information content (AvgIpc) is 2.00. The molecule has 0 spiro atoms. The van der Waals surface area contributed by atoms with Crippen molar-refractivity contribution in [3.8, 4) is 0 Å². The van der Waals surface area contributed by atoms with Crippen molar-refractivity contribution in [2.24, 2.45) is 5.92 Å². The Morgan fingerprint density at radius 2 is 1.80 bits per heavy atom. The van der Waals surface area contributed by atoms with E-state index in [2.05, 4.69) is 0 Å². The van der Waals surface area contributed by atoms with Crippen molar-refractivity contribution < 1.29 is 31.5 Å². The third-order valence-corrected chi connectivity index (χ3v) is 4.04. The molecule has 1 unspecified atom stereocenters. The van der Waals surface area contributed by atoms with Gasteiger partial charge in [-0.3, -0.25) is 4.79 Å². The van der Waals surface area contributed by atoms with E-state index in [1.54, 1.807) is 0 Å². The van der Waals surface area contributed by atoms with E-state index in [9.17, 15) is 26.4 Å². The molecule has 0 rings (SSSR count). The zero-order valence-corrected chi connectivity index (χ0v) is 8.89. The van der Waals surface area contributed by atoms with E-state index in [0.717, 1.165) is 6.92 Å². The molecular formula is C7H11F3O4S. The molecule has 4 nitrogen and oxygen atoms in total. The standard InChI is InChI=1S/C7H11F3O4S/c1-3-4(2)5(6(11)12)15(13,14)7(8,9)10/h4-5H,3H2,1-2H3,(H,11,12)/t4-,5?/m1/s1. The van der Waals surface area contributed by atoms with Gasteiger partial charge in [-0.15, -0.1) is 0 Å². The smallest absolute Gasteiger partial charge is 0.480 e. The van der Waals surface area contributed by atoms with E-state index in [4.69, 9.17) is 5.11 Å². The van der Waals surface area contributed by atoms with Crippen LogP contribution in [0.2, 0.25) is 0 Å². The van der Waals surface area contributed by atoms with Crippen molar-refractivity contribution in [2.45, 2.75) is 31.0 Å². The van der Waals surface area contributed by atoms with Crippen LogP contribution >= 0.6 is 0 Å². The van der Waals surface area contributed by atoms with Crippen LogP contribution in [-0.2, 0) is 14.6 Å². The summed E-state index contributed by atoms with van der Waals surface area (Å²) in [5.41, 5.74) is -5.53. The van der Waals surface area contributed by atoms with Gasteiger partial charge in [0, 0.05) is 0 Å². The molecule has 0 aromatic heterocycles. The lowest BCUT2D eigenvalue weighted by atomic mass is 10.1. The lowest BCUT2D eigenvalue weighted by Gasteiger charge is -2.20. The molecule has 0 heterocycles. The number of aliphatic carboxylic acids is 1. The molecule has 0 amide bonds. The second-order valence-corrected chi connectivity index (χ2v) is 5.20. The van der Waals surface area contributed by atoms with Crippen LogP contribution in [-0.4, -0.2) is 30.3 Å². The predicted molar refractivity (Wildman–Crippen MR) is 45.9 cm³/mol. The molecule has 15 heavy (non-hydrogen) atoms. The molecule has 0 aliphatic carbocycles. The SMILES string of the molecule is CC[C@@H](C)C(C(=O)O)S(=O)(=O)C(F)(F)F. The fourth-order valence-corrected chi connectivity index (χ4v) is 2.40. The Balaban J connectivity index is 5.39. The minimum absolute atomic E-state index is 0.0340. The van der Waals surface area contributed by atoms with Gasteiger partial charge in [0.2, 0.25) is 0 Å². The Hall–Kier alpha value is -0.790. The van der Waals surface area contributed by atoms with Gasteiger partial charge in [0.25, 0.3) is 9.84 Å². The van der Waals surface area contributed by atoms with Gasteiger partial charge < -0.3 is 5.11 Å². The number of carboxylic acids is 1. The van der Waals surface area contributed by atoms with Crippen LogP contribution in [0, 0.1) is 5.92 Å². The predicted octanol–water partition coefficient (Wildman–Crippen LogP) is 1.42. The van der Waals surface area contributed by atoms with Crippen LogP contribution in [0.3, 0.4) is 0 Å². The first-order chi connectivity index (χ1) is 6.55. The van der Waals surface area contributed by atoms with Crippen molar-refractivity contribution >= 4 is 15.8 Å². The molecule has 0 radical (unpaired) electrons. The summed E-state index contributed by atoms with van der Waals surface area (Å²) < 4.78 is 58.0. The van der Waals surface area contributed by atoms with Crippen molar-refractivity contribution in [1.82, 2.24) is 0 Å². The Morgan fingerprint density at radius 3 is 2.00 bits per heavy atom. The summed E-state index contributed by atoms with van der Waals surface area (Å²) >= 11 is 0. The van der Waals surface area contributed by atoms with Gasteiger partial charge >= 0.3 is 11.5 Å². The Bertz CT molecular complexity index is 333. The molecule has 0 aromatic carbocycles. The molecule has 1 N–H and O–H groups in total. The fraction of sp³-hybridized carbons (Fsp3) is 0.857. The monoisotopic (exact) mass is 248 g/mol. The average molecular weight is 248 g/mol. The summed E-state index contributed by atoms with van der Waals surface area (Å²) in [7, 11) is -5.65. The quantitative estimate of drug-likeness (QED) is 0.816. The fourth-order valence-electron chi connectivity index (χ4n) is 1.04. The maximum absolute atomic E-state index is 12.1. The third kappa shape index (κ3) is 2.83. The molecule has 0 aliphatic rings. The summed E-state index contributed by atoms with van der Waals surface area (Å²) in [5, 5.41) is 6.07. The number of sulfone groups is 1. The lowest BCUT2D eigenvalue weighted by Crippen LogP contribution is -2.43. The van der Waals surface area contributed by atoms with Crippen LogP contribution in [0.1, 0.15) is 20.3 Å². The Kier molecular flexibility index (Phi) is 4.15. The van der Waals surface area contributed by atoms with E-state index >= 15 is 0 Å².